The topological polar surface area (TPSA) is 92.0 Å². The molecule has 4 heterocycles. The Morgan fingerprint density at radius 2 is 1.97 bits per heavy atom. The van der Waals surface area contributed by atoms with E-state index in [2.05, 4.69) is 55.4 Å². The Bertz CT molecular complexity index is 1420. The number of methoxy groups -OCH3 is 1. The highest BCUT2D eigenvalue weighted by Crippen LogP contribution is 2.31. The average Bonchev–Trinajstić information content (AvgIpc) is 3.21. The lowest BCUT2D eigenvalue weighted by Crippen LogP contribution is -2.54. The van der Waals surface area contributed by atoms with E-state index in [4.69, 9.17) is 4.74 Å². The van der Waals surface area contributed by atoms with E-state index in [1.54, 1.807) is 37.1 Å². The van der Waals surface area contributed by atoms with Gasteiger partial charge in [0, 0.05) is 73.5 Å². The third-order valence-corrected chi connectivity index (χ3v) is 6.15. The molecule has 0 saturated carbocycles. The molecule has 1 saturated heterocycles. The maximum atomic E-state index is 14.7. The molecule has 0 spiro atoms. The van der Waals surface area contributed by atoms with E-state index in [1.165, 1.54) is 6.07 Å². The summed E-state index contributed by atoms with van der Waals surface area (Å²) in [6.45, 7) is 7.95. The number of amidine groups is 1. The van der Waals surface area contributed by atoms with Crippen LogP contribution in [0.3, 0.4) is 0 Å². The highest BCUT2D eigenvalue weighted by atomic mass is 19.1. The van der Waals surface area contributed by atoms with Gasteiger partial charge in [-0.05, 0) is 32.9 Å². The molecule has 3 aromatic heterocycles. The smallest absolute Gasteiger partial charge is 0.316 e. The maximum Gasteiger partial charge on any atom is 0.316 e. The van der Waals surface area contributed by atoms with Crippen LogP contribution in [-0.4, -0.2) is 64.5 Å². The summed E-state index contributed by atoms with van der Waals surface area (Å²) in [5.74, 6) is 0.143. The van der Waals surface area contributed by atoms with Crippen LogP contribution in [0.5, 0.6) is 6.01 Å². The normalized spacial score (nSPS) is 18.9. The minimum Gasteiger partial charge on any atom is -0.467 e. The zero-order chi connectivity index (χ0) is 24.7. The van der Waals surface area contributed by atoms with Gasteiger partial charge in [0.15, 0.2) is 11.5 Å². The quantitative estimate of drug-likeness (QED) is 0.345. The van der Waals surface area contributed by atoms with E-state index in [9.17, 15) is 4.39 Å². The van der Waals surface area contributed by atoms with Gasteiger partial charge in [-0.25, -0.2) is 14.4 Å². The summed E-state index contributed by atoms with van der Waals surface area (Å²) < 4.78 is 21.7. The molecule has 0 amide bonds. The number of anilines is 2. The highest BCUT2D eigenvalue weighted by molar-refractivity contribution is 6.16. The van der Waals surface area contributed by atoms with Crippen LogP contribution in [0.4, 0.5) is 15.8 Å². The molecular formula is C25H29FN8O. The largest absolute Gasteiger partial charge is 0.467 e. The number of aryl methyl sites for hydroxylation is 1. The van der Waals surface area contributed by atoms with Crippen LogP contribution < -0.4 is 20.3 Å². The molecule has 0 radical (unpaired) electrons. The fraction of sp³-hybridized carbons (Fsp3) is 0.360. The number of pyridine rings is 1. The molecule has 1 aliphatic rings. The van der Waals surface area contributed by atoms with Gasteiger partial charge in [0.25, 0.3) is 0 Å². The van der Waals surface area contributed by atoms with Gasteiger partial charge >= 0.3 is 6.01 Å². The number of nitrogens with one attached hydrogen (secondary N) is 2. The van der Waals surface area contributed by atoms with Gasteiger partial charge in [-0.2, -0.15) is 4.98 Å². The summed E-state index contributed by atoms with van der Waals surface area (Å²) >= 11 is 0. The Hall–Kier alpha value is -3.79. The molecule has 0 bridgehead atoms. The molecule has 2 unspecified atom stereocenters. The van der Waals surface area contributed by atoms with Gasteiger partial charge in [-0.3, -0.25) is 4.99 Å². The van der Waals surface area contributed by atoms with E-state index in [0.717, 1.165) is 35.4 Å². The minimum absolute atomic E-state index is 0.273. The fourth-order valence-electron chi connectivity index (χ4n) is 4.81. The van der Waals surface area contributed by atoms with Crippen LogP contribution in [0.15, 0.2) is 41.8 Å². The molecule has 182 valence electrons. The Kier molecular flexibility index (Phi) is 5.98. The van der Waals surface area contributed by atoms with E-state index in [-0.39, 0.29) is 11.7 Å². The number of fused-ring (bicyclic) bond motifs is 2. The second kappa shape index (κ2) is 9.10. The summed E-state index contributed by atoms with van der Waals surface area (Å²) in [6.07, 6.45) is 5.37. The molecule has 2 N–H and O–H groups in total. The van der Waals surface area contributed by atoms with Gasteiger partial charge in [-0.15, -0.1) is 0 Å². The van der Waals surface area contributed by atoms with Gasteiger partial charge < -0.3 is 24.7 Å². The minimum atomic E-state index is -0.412. The molecule has 5 rings (SSSR count). The van der Waals surface area contributed by atoms with Crippen molar-refractivity contribution in [1.82, 2.24) is 24.7 Å². The Morgan fingerprint density at radius 1 is 1.20 bits per heavy atom. The number of aromatic nitrogens is 4. The Morgan fingerprint density at radius 3 is 2.69 bits per heavy atom. The van der Waals surface area contributed by atoms with Crippen LogP contribution in [0.2, 0.25) is 0 Å². The fourth-order valence-corrected chi connectivity index (χ4v) is 4.81. The summed E-state index contributed by atoms with van der Waals surface area (Å²) in [5, 5.41) is 7.74. The third-order valence-electron chi connectivity index (χ3n) is 6.15. The standard InChI is InChI=1S/C25H29FN8O/c1-14-10-33(11-15(2)29-14)21-7-6-18(22-19(21)9-28-25(32-22)35-5)23(27-4)31-17-8-20(26)24-30-16(3)12-34(24)13-17/h6-9,12-15,29H,10-11H2,1-5H3,(H,27,31). The summed E-state index contributed by atoms with van der Waals surface area (Å²) in [5.41, 5.74) is 4.12. The third kappa shape index (κ3) is 4.37. The van der Waals surface area contributed by atoms with E-state index < -0.39 is 5.82 Å². The second-order valence-electron chi connectivity index (χ2n) is 9.01. The number of benzene rings is 1. The molecule has 9 nitrogen and oxygen atoms in total. The van der Waals surface area contributed by atoms with Crippen molar-refractivity contribution in [3.63, 3.8) is 0 Å². The first-order valence-electron chi connectivity index (χ1n) is 11.6. The predicted molar refractivity (Wildman–Crippen MR) is 136 cm³/mol. The number of piperazine rings is 1. The van der Waals surface area contributed by atoms with Crippen molar-refractivity contribution in [3.05, 3.63) is 53.9 Å². The summed E-state index contributed by atoms with van der Waals surface area (Å²) in [4.78, 5) is 20.1. The van der Waals surface area contributed by atoms with Crippen LogP contribution in [0.25, 0.3) is 16.6 Å². The average molecular weight is 477 g/mol. The van der Waals surface area contributed by atoms with Gasteiger partial charge in [-0.1, -0.05) is 0 Å². The number of aliphatic imine (C=N–C) groups is 1. The Labute approximate surface area is 203 Å². The van der Waals surface area contributed by atoms with Gasteiger partial charge in [0.2, 0.25) is 0 Å². The van der Waals surface area contributed by atoms with Crippen molar-refractivity contribution in [2.45, 2.75) is 32.9 Å². The van der Waals surface area contributed by atoms with Crippen molar-refractivity contribution >= 4 is 33.8 Å². The lowest BCUT2D eigenvalue weighted by molar-refractivity contribution is 0.381. The summed E-state index contributed by atoms with van der Waals surface area (Å²) in [6, 6.07) is 6.48. The summed E-state index contributed by atoms with van der Waals surface area (Å²) in [7, 11) is 3.24. The first-order valence-corrected chi connectivity index (χ1v) is 11.6. The van der Waals surface area contributed by atoms with Crippen molar-refractivity contribution in [2.24, 2.45) is 4.99 Å². The highest BCUT2D eigenvalue weighted by Gasteiger charge is 2.24. The molecule has 1 fully saturated rings. The van der Waals surface area contributed by atoms with E-state index in [1.807, 2.05) is 13.0 Å². The molecule has 0 aliphatic carbocycles. The van der Waals surface area contributed by atoms with Crippen LogP contribution >= 0.6 is 0 Å². The molecule has 35 heavy (non-hydrogen) atoms. The predicted octanol–water partition coefficient (Wildman–Crippen LogP) is 3.41. The number of halogens is 1. The van der Waals surface area contributed by atoms with Crippen LogP contribution in [-0.2, 0) is 0 Å². The first-order chi connectivity index (χ1) is 16.9. The van der Waals surface area contributed by atoms with Gasteiger partial charge in [0.1, 0.15) is 5.84 Å². The van der Waals surface area contributed by atoms with Crippen molar-refractivity contribution in [1.29, 1.82) is 0 Å². The van der Waals surface area contributed by atoms with E-state index in [0.29, 0.717) is 29.1 Å². The SMILES string of the molecule is CN=C(Nc1cc(F)c2nc(C)cn2c1)c1ccc(N2CC(C)NC(C)C2)c2cnc(OC)nc12. The lowest BCUT2D eigenvalue weighted by Gasteiger charge is -2.38. The zero-order valence-corrected chi connectivity index (χ0v) is 20.5. The number of nitrogens with zero attached hydrogens (tertiary/aromatic N) is 6. The molecule has 2 atom stereocenters. The zero-order valence-electron chi connectivity index (χ0n) is 20.5. The number of ether oxygens (including phenoxy) is 1. The van der Waals surface area contributed by atoms with E-state index >= 15 is 0 Å². The van der Waals surface area contributed by atoms with Crippen molar-refractivity contribution in [3.8, 4) is 6.01 Å². The molecule has 1 aliphatic heterocycles. The second-order valence-corrected chi connectivity index (χ2v) is 9.01. The Balaban J connectivity index is 1.58. The number of hydrogen-bond acceptors (Lipinski definition) is 7. The number of hydrogen-bond donors (Lipinski definition) is 2. The number of rotatable bonds is 4. The first kappa shape index (κ1) is 23.0. The molecular weight excluding hydrogens is 447 g/mol. The molecule has 4 aromatic rings. The maximum absolute atomic E-state index is 14.7. The molecule has 10 heteroatoms. The monoisotopic (exact) mass is 476 g/mol. The van der Waals surface area contributed by atoms with Crippen molar-refractivity contribution in [2.75, 3.05) is 37.5 Å². The van der Waals surface area contributed by atoms with Gasteiger partial charge in [0.05, 0.1) is 24.0 Å². The number of imidazole rings is 1. The van der Waals surface area contributed by atoms with Crippen LogP contribution in [0, 0.1) is 12.7 Å². The molecule has 1 aromatic carbocycles. The van der Waals surface area contributed by atoms with Crippen molar-refractivity contribution < 1.29 is 9.13 Å². The van der Waals surface area contributed by atoms with Crippen LogP contribution in [0.1, 0.15) is 25.1 Å². The lowest BCUT2D eigenvalue weighted by atomic mass is 10.0.